The van der Waals surface area contributed by atoms with E-state index in [1.807, 2.05) is 6.26 Å². The molecule has 0 unspecified atom stereocenters. The van der Waals surface area contributed by atoms with Crippen molar-refractivity contribution in [1.29, 1.82) is 0 Å². The molecular weight excluding hydrogens is 446 g/mol. The lowest BCUT2D eigenvalue weighted by atomic mass is 9.91. The number of quaternary nitrogens is 1. The largest absolute Gasteiger partial charge is 0.665 e. The van der Waals surface area contributed by atoms with Crippen molar-refractivity contribution in [1.82, 2.24) is 0 Å². The number of thioether (sulfide) groups is 1. The van der Waals surface area contributed by atoms with Gasteiger partial charge in [-0.15, -0.1) is 0 Å². The molecule has 0 amide bonds. The molecule has 9 heteroatoms. The van der Waals surface area contributed by atoms with Crippen LogP contribution in [0.4, 0.5) is 5.69 Å². The van der Waals surface area contributed by atoms with Gasteiger partial charge in [0.2, 0.25) is 0 Å². The predicted octanol–water partition coefficient (Wildman–Crippen LogP) is 5.53. The van der Waals surface area contributed by atoms with E-state index in [1.54, 1.807) is 17.8 Å². The molecule has 2 saturated carbocycles. The average Bonchev–Trinajstić information content (AvgIpc) is 2.82. The number of rotatable bonds is 9. The van der Waals surface area contributed by atoms with Crippen LogP contribution in [0, 0.1) is 10.1 Å². The zero-order valence-corrected chi connectivity index (χ0v) is 20.6. The van der Waals surface area contributed by atoms with E-state index in [0.29, 0.717) is 24.2 Å². The van der Waals surface area contributed by atoms with Crippen molar-refractivity contribution in [3.05, 3.63) is 40.1 Å². The van der Waals surface area contributed by atoms with E-state index >= 15 is 0 Å². The smallest absolute Gasteiger partial charge is 0.300 e. The Balaban J connectivity index is 0.000000242. The molecule has 1 atom stereocenters. The molecule has 0 bridgehead atoms. The molecule has 2 fully saturated rings. The van der Waals surface area contributed by atoms with Gasteiger partial charge in [-0.3, -0.25) is 14.9 Å². The maximum atomic E-state index is 11.5. The van der Waals surface area contributed by atoms with Crippen LogP contribution < -0.4 is 5.32 Å². The van der Waals surface area contributed by atoms with Crippen molar-refractivity contribution < 1.29 is 19.2 Å². The number of para-hydroxylation sites is 1. The van der Waals surface area contributed by atoms with Crippen LogP contribution in [0.2, 0.25) is 0 Å². The third-order valence-corrected chi connectivity index (χ3v) is 7.43. The van der Waals surface area contributed by atoms with Crippen molar-refractivity contribution in [3.8, 4) is 0 Å². The van der Waals surface area contributed by atoms with Crippen molar-refractivity contribution in [2.24, 2.45) is 0 Å². The number of carbonyl (C=O) groups excluding carboxylic acids is 1. The summed E-state index contributed by atoms with van der Waals surface area (Å²) >= 11 is 2.17. The Morgan fingerprint density at radius 2 is 1.69 bits per heavy atom. The molecule has 0 spiro atoms. The van der Waals surface area contributed by atoms with Gasteiger partial charge in [0.1, 0.15) is 16.9 Å². The Morgan fingerprint density at radius 1 is 1.12 bits per heavy atom. The second-order valence-electron chi connectivity index (χ2n) is 8.53. The first-order valence-corrected chi connectivity index (χ1v) is 13.8. The third-order valence-electron chi connectivity index (χ3n) is 6.01. The zero-order valence-electron chi connectivity index (χ0n) is 19.0. The van der Waals surface area contributed by atoms with E-state index in [1.165, 1.54) is 82.4 Å². The molecule has 1 aromatic carbocycles. The Kier molecular flexibility index (Phi) is 13.1. The maximum absolute atomic E-state index is 11.5. The SMILES string of the molecule is C1CCC([NH2+]C2CCCCC2)CC1.CSCC[C@H]([NH-])C(=O)OSc1ccccc1[N+](=O)[O-]. The Hall–Kier alpha value is -1.29. The van der Waals surface area contributed by atoms with E-state index in [0.717, 1.165) is 12.1 Å². The van der Waals surface area contributed by atoms with Gasteiger partial charge in [-0.25, -0.2) is 0 Å². The highest BCUT2D eigenvalue weighted by molar-refractivity contribution is 7.98. The fraction of sp³-hybridized carbons (Fsp3) is 0.696. The number of benzene rings is 1. The van der Waals surface area contributed by atoms with Crippen LogP contribution in [-0.2, 0) is 8.98 Å². The van der Waals surface area contributed by atoms with Gasteiger partial charge in [-0.1, -0.05) is 31.4 Å². The second-order valence-corrected chi connectivity index (χ2v) is 10.3. The highest BCUT2D eigenvalue weighted by Gasteiger charge is 2.22. The molecule has 180 valence electrons. The van der Waals surface area contributed by atoms with E-state index in [4.69, 9.17) is 9.92 Å². The molecule has 0 heterocycles. The number of nitro benzene ring substituents is 1. The molecule has 0 saturated heterocycles. The lowest BCUT2D eigenvalue weighted by Crippen LogP contribution is -2.95. The lowest BCUT2D eigenvalue weighted by Gasteiger charge is -2.27. The van der Waals surface area contributed by atoms with E-state index in [-0.39, 0.29) is 10.6 Å². The van der Waals surface area contributed by atoms with Gasteiger partial charge in [0.25, 0.3) is 11.7 Å². The predicted molar refractivity (Wildman–Crippen MR) is 132 cm³/mol. The molecule has 32 heavy (non-hydrogen) atoms. The van der Waals surface area contributed by atoms with Gasteiger partial charge < -0.3 is 15.2 Å². The minimum atomic E-state index is -0.956. The van der Waals surface area contributed by atoms with Gasteiger partial charge in [0.15, 0.2) is 0 Å². The topological polar surface area (TPSA) is 110 Å². The quantitative estimate of drug-likeness (QED) is 0.281. The normalized spacial score (nSPS) is 18.3. The van der Waals surface area contributed by atoms with Gasteiger partial charge >= 0.3 is 0 Å². The highest BCUT2D eigenvalue weighted by Crippen LogP contribution is 2.29. The summed E-state index contributed by atoms with van der Waals surface area (Å²) in [5.41, 5.74) is 7.43. The molecule has 3 rings (SSSR count). The second kappa shape index (κ2) is 15.5. The van der Waals surface area contributed by atoms with E-state index < -0.39 is 16.9 Å². The van der Waals surface area contributed by atoms with Gasteiger partial charge in [0, 0.05) is 6.07 Å². The number of nitro groups is 1. The van der Waals surface area contributed by atoms with Crippen molar-refractivity contribution >= 4 is 35.5 Å². The number of hydrogen-bond acceptors (Lipinski definition) is 6. The summed E-state index contributed by atoms with van der Waals surface area (Å²) in [6, 6.07) is 7.03. The first-order chi connectivity index (χ1) is 15.5. The molecule has 0 aromatic heterocycles. The van der Waals surface area contributed by atoms with Crippen molar-refractivity contribution in [3.63, 3.8) is 0 Å². The Morgan fingerprint density at radius 3 is 2.22 bits per heavy atom. The zero-order chi connectivity index (χ0) is 23.2. The van der Waals surface area contributed by atoms with Crippen LogP contribution in [0.5, 0.6) is 0 Å². The summed E-state index contributed by atoms with van der Waals surface area (Å²) < 4.78 is 4.85. The molecule has 3 N–H and O–H groups in total. The molecule has 2 aliphatic rings. The number of carbonyl (C=O) groups is 1. The highest BCUT2D eigenvalue weighted by atomic mass is 32.2. The number of nitrogens with two attached hydrogens (primary N) is 1. The summed E-state index contributed by atoms with van der Waals surface area (Å²) in [6.07, 6.45) is 17.2. The maximum Gasteiger partial charge on any atom is 0.300 e. The molecule has 7 nitrogen and oxygen atoms in total. The van der Waals surface area contributed by atoms with Gasteiger partial charge in [-0.05, 0) is 75.5 Å². The van der Waals surface area contributed by atoms with E-state index in [9.17, 15) is 14.9 Å². The average molecular weight is 484 g/mol. The van der Waals surface area contributed by atoms with Crippen molar-refractivity contribution in [2.45, 2.75) is 93.7 Å². The summed E-state index contributed by atoms with van der Waals surface area (Å²) in [6.45, 7) is 0. The van der Waals surface area contributed by atoms with Crippen LogP contribution in [0.15, 0.2) is 29.2 Å². The van der Waals surface area contributed by atoms with Crippen LogP contribution in [-0.4, -0.2) is 41.0 Å². The lowest BCUT2D eigenvalue weighted by molar-refractivity contribution is -0.725. The summed E-state index contributed by atoms with van der Waals surface area (Å²) in [5.74, 6) is 0.0107. The number of hydrogen-bond donors (Lipinski definition) is 1. The Labute approximate surface area is 200 Å². The number of nitrogens with zero attached hydrogens (tertiary/aromatic N) is 1. The third kappa shape index (κ3) is 10.1. The molecule has 0 aliphatic heterocycles. The molecule has 1 aromatic rings. The summed E-state index contributed by atoms with van der Waals surface area (Å²) in [5, 5.41) is 13.5. The van der Waals surface area contributed by atoms with Gasteiger partial charge in [0.05, 0.1) is 17.0 Å². The molecular formula is C23H37N3O4S2. The van der Waals surface area contributed by atoms with Gasteiger partial charge in [-0.2, -0.15) is 11.8 Å². The Bertz CT molecular complexity index is 680. The summed E-state index contributed by atoms with van der Waals surface area (Å²) in [7, 11) is 0. The molecule has 0 radical (unpaired) electrons. The van der Waals surface area contributed by atoms with Crippen LogP contribution in [0.1, 0.15) is 70.6 Å². The summed E-state index contributed by atoms with van der Waals surface area (Å²) in [4.78, 5) is 22.0. The first-order valence-electron chi connectivity index (χ1n) is 11.7. The van der Waals surface area contributed by atoms with Crippen LogP contribution >= 0.6 is 23.8 Å². The van der Waals surface area contributed by atoms with Crippen LogP contribution in [0.3, 0.4) is 0 Å². The molecule has 2 aliphatic carbocycles. The minimum absolute atomic E-state index is 0.119. The fourth-order valence-electron chi connectivity index (χ4n) is 4.21. The number of nitrogens with one attached hydrogen (secondary N) is 1. The first kappa shape index (κ1) is 27.0. The van der Waals surface area contributed by atoms with Crippen molar-refractivity contribution in [2.75, 3.05) is 12.0 Å². The minimum Gasteiger partial charge on any atom is -0.665 e. The van der Waals surface area contributed by atoms with E-state index in [2.05, 4.69) is 5.32 Å². The fourth-order valence-corrected chi connectivity index (χ4v) is 5.34. The monoisotopic (exact) mass is 483 g/mol. The van der Waals surface area contributed by atoms with Crippen LogP contribution in [0.25, 0.3) is 5.73 Å². The standard InChI is InChI=1S/C12H23N.C11H13N2O4S2/c1-3-7-11(8-4-1)13-12-9-5-2-6-10-12;1-18-7-6-8(12)11(14)17-19-10-5-3-2-4-9(10)13(15)16/h11-13H,1-10H2;2-5,8,12H,6-7H2,1H3/q;-1/p+1/t;8-/m.0/s1.